The number of rotatable bonds is 3. The summed E-state index contributed by atoms with van der Waals surface area (Å²) in [6.07, 6.45) is -20.6. The fraction of sp³-hybridized carbons (Fsp3) is 0.833. The lowest BCUT2D eigenvalue weighted by Crippen LogP contribution is -2.58. The molecule has 0 N–H and O–H groups in total. The fourth-order valence-electron chi connectivity index (χ4n) is 0.550. The Labute approximate surface area is 95.9 Å². The van der Waals surface area contributed by atoms with Crippen LogP contribution in [0.5, 0.6) is 0 Å². The number of ether oxygens (including phenoxy) is 1. The highest BCUT2D eigenvalue weighted by Gasteiger charge is 2.78. The third-order valence-electron chi connectivity index (χ3n) is 1.50. The van der Waals surface area contributed by atoms with Crippen LogP contribution in [0.1, 0.15) is 0 Å². The highest BCUT2D eigenvalue weighted by molar-refractivity contribution is 5.01. The van der Waals surface area contributed by atoms with E-state index in [0.29, 0.717) is 0 Å². The first kappa shape index (κ1) is 17.7. The van der Waals surface area contributed by atoms with Crippen molar-refractivity contribution < 1.29 is 53.0 Å². The molecule has 0 aromatic heterocycles. The smallest absolute Gasteiger partial charge is 0.258 e. The third-order valence-corrected chi connectivity index (χ3v) is 1.50. The maximum Gasteiger partial charge on any atom is 0.463 e. The molecule has 19 heavy (non-hydrogen) atoms. The molecule has 2 nitrogen and oxygen atoms in total. The Hall–Kier alpha value is -1.32. The number of nitriles is 1. The van der Waals surface area contributed by atoms with Gasteiger partial charge in [-0.3, -0.25) is 4.74 Å². The van der Waals surface area contributed by atoms with Crippen LogP contribution in [0.2, 0.25) is 0 Å². The van der Waals surface area contributed by atoms with Gasteiger partial charge < -0.3 is 0 Å². The van der Waals surface area contributed by atoms with Crippen molar-refractivity contribution in [3.63, 3.8) is 0 Å². The van der Waals surface area contributed by atoms with E-state index in [0.717, 1.165) is 0 Å². The van der Waals surface area contributed by atoms with Crippen LogP contribution >= 0.6 is 0 Å². The van der Waals surface area contributed by atoms with Crippen molar-refractivity contribution in [2.45, 2.75) is 30.2 Å². The Kier molecular flexibility index (Phi) is 4.05. The summed E-state index contributed by atoms with van der Waals surface area (Å²) in [5, 5.41) is 7.62. The van der Waals surface area contributed by atoms with Crippen molar-refractivity contribution >= 4 is 0 Å². The van der Waals surface area contributed by atoms with Gasteiger partial charge in [0.1, 0.15) is 6.07 Å². The second-order valence-electron chi connectivity index (χ2n) is 2.90. The van der Waals surface area contributed by atoms with Gasteiger partial charge in [0.25, 0.3) is 0 Å². The molecule has 1 atom stereocenters. The topological polar surface area (TPSA) is 33.0 Å². The average molecular weight is 311 g/mol. The van der Waals surface area contributed by atoms with Gasteiger partial charge in [-0.25, -0.2) is 0 Å². The van der Waals surface area contributed by atoms with E-state index < -0.39 is 36.3 Å². The maximum atomic E-state index is 12.6. The summed E-state index contributed by atoms with van der Waals surface area (Å²) < 4.78 is 133. The molecule has 0 radical (unpaired) electrons. The predicted octanol–water partition coefficient (Wildman–Crippen LogP) is 3.55. The first-order valence-corrected chi connectivity index (χ1v) is 3.71. The van der Waals surface area contributed by atoms with Gasteiger partial charge in [-0.05, 0) is 0 Å². The van der Waals surface area contributed by atoms with Crippen LogP contribution in [-0.2, 0) is 4.74 Å². The zero-order valence-corrected chi connectivity index (χ0v) is 8.01. The lowest BCUT2D eigenvalue weighted by molar-refractivity contribution is -0.471. The van der Waals surface area contributed by atoms with Gasteiger partial charge in [-0.2, -0.15) is 53.6 Å². The molecule has 0 aliphatic rings. The largest absolute Gasteiger partial charge is 0.463 e. The van der Waals surface area contributed by atoms with Crippen LogP contribution in [0.25, 0.3) is 0 Å². The number of hydrogen-bond donors (Lipinski definition) is 0. The lowest BCUT2D eigenvalue weighted by atomic mass is 10.2. The van der Waals surface area contributed by atoms with Crippen LogP contribution in [0.4, 0.5) is 48.3 Å². The maximum absolute atomic E-state index is 12.6. The molecule has 0 aliphatic carbocycles. The van der Waals surface area contributed by atoms with Gasteiger partial charge in [-0.15, -0.1) is 0 Å². The molecule has 0 aromatic rings. The summed E-state index contributed by atoms with van der Waals surface area (Å²) in [6.45, 7) is 0. The van der Waals surface area contributed by atoms with Crippen molar-refractivity contribution in [1.29, 1.82) is 5.26 Å². The Bertz CT molecular complexity index is 376. The number of nitrogens with zero attached hydrogens (tertiary/aromatic N) is 1. The standard InChI is InChI=1S/C6F11NO/c7-2(1-18,4(10,11)12)19-6(16,17)3(8,9)5(13,14)15/t2-/m1/s1. The van der Waals surface area contributed by atoms with Gasteiger partial charge in [0.15, 0.2) is 0 Å². The second kappa shape index (κ2) is 4.36. The predicted molar refractivity (Wildman–Crippen MR) is 32.5 cm³/mol. The molecular weight excluding hydrogens is 311 g/mol. The molecule has 0 unspecified atom stereocenters. The molecule has 0 heterocycles. The first-order chi connectivity index (χ1) is 8.02. The van der Waals surface area contributed by atoms with Crippen LogP contribution in [0.15, 0.2) is 0 Å². The molecule has 112 valence electrons. The van der Waals surface area contributed by atoms with E-state index in [-0.39, 0.29) is 0 Å². The van der Waals surface area contributed by atoms with Gasteiger partial charge >= 0.3 is 30.2 Å². The Morgan fingerprint density at radius 3 is 1.26 bits per heavy atom. The van der Waals surface area contributed by atoms with E-state index in [1.807, 2.05) is 0 Å². The Morgan fingerprint density at radius 2 is 1.05 bits per heavy atom. The summed E-state index contributed by atoms with van der Waals surface area (Å²) in [7, 11) is 0. The number of hydrogen-bond acceptors (Lipinski definition) is 2. The zero-order valence-electron chi connectivity index (χ0n) is 8.01. The zero-order chi connectivity index (χ0) is 15.9. The van der Waals surface area contributed by atoms with Crippen molar-refractivity contribution in [3.05, 3.63) is 0 Å². The minimum Gasteiger partial charge on any atom is -0.258 e. The SMILES string of the molecule is N#C[C@@](F)(OC(F)(F)C(F)(F)C(F)(F)F)C(F)(F)F. The van der Waals surface area contributed by atoms with Crippen molar-refractivity contribution in [1.82, 2.24) is 0 Å². The summed E-state index contributed by atoms with van der Waals surface area (Å²) in [4.78, 5) is 0. The molecule has 13 heteroatoms. The van der Waals surface area contributed by atoms with Gasteiger partial charge in [0.2, 0.25) is 0 Å². The van der Waals surface area contributed by atoms with E-state index in [1.165, 1.54) is 0 Å². The minimum atomic E-state index is -7.14. The molecule has 0 saturated carbocycles. The van der Waals surface area contributed by atoms with E-state index in [1.54, 1.807) is 4.74 Å². The van der Waals surface area contributed by atoms with Gasteiger partial charge in [0.05, 0.1) is 0 Å². The molecule has 0 rings (SSSR count). The fourth-order valence-corrected chi connectivity index (χ4v) is 0.550. The number of halogens is 11. The quantitative estimate of drug-likeness (QED) is 0.747. The molecule has 0 spiro atoms. The Balaban J connectivity index is 5.57. The molecule has 0 aliphatic heterocycles. The summed E-state index contributed by atoms with van der Waals surface area (Å²) in [6, 6.07) is -0.597. The highest BCUT2D eigenvalue weighted by atomic mass is 19.4. The average Bonchev–Trinajstić information content (AvgIpc) is 2.12. The monoisotopic (exact) mass is 311 g/mol. The van der Waals surface area contributed by atoms with Gasteiger partial charge in [-0.1, -0.05) is 0 Å². The van der Waals surface area contributed by atoms with Crippen LogP contribution in [0, 0.1) is 11.3 Å². The molecule has 0 fully saturated rings. The van der Waals surface area contributed by atoms with Crippen molar-refractivity contribution in [2.75, 3.05) is 0 Å². The van der Waals surface area contributed by atoms with E-state index in [2.05, 4.69) is 0 Å². The third kappa shape index (κ3) is 2.99. The Morgan fingerprint density at radius 1 is 0.684 bits per heavy atom. The molecule has 0 saturated heterocycles. The first-order valence-electron chi connectivity index (χ1n) is 3.71. The van der Waals surface area contributed by atoms with Gasteiger partial charge in [0, 0.05) is 0 Å². The summed E-state index contributed by atoms with van der Waals surface area (Å²) in [5.74, 6) is -13.2. The van der Waals surface area contributed by atoms with Crippen LogP contribution < -0.4 is 0 Å². The molecule has 0 bridgehead atoms. The number of alkyl halides is 11. The summed E-state index contributed by atoms with van der Waals surface area (Å²) in [5.41, 5.74) is 0. The normalized spacial score (nSPS) is 17.8. The van der Waals surface area contributed by atoms with Crippen LogP contribution in [-0.4, -0.2) is 30.2 Å². The van der Waals surface area contributed by atoms with E-state index in [9.17, 15) is 48.3 Å². The second-order valence-corrected chi connectivity index (χ2v) is 2.90. The van der Waals surface area contributed by atoms with Crippen molar-refractivity contribution in [2.24, 2.45) is 0 Å². The van der Waals surface area contributed by atoms with E-state index >= 15 is 0 Å². The minimum absolute atomic E-state index is 0.597. The highest BCUT2D eigenvalue weighted by Crippen LogP contribution is 2.50. The van der Waals surface area contributed by atoms with E-state index in [4.69, 9.17) is 5.26 Å². The lowest BCUT2D eigenvalue weighted by Gasteiger charge is -2.31. The molecule has 0 amide bonds. The van der Waals surface area contributed by atoms with Crippen LogP contribution in [0.3, 0.4) is 0 Å². The molecular formula is C6F11NO. The summed E-state index contributed by atoms with van der Waals surface area (Å²) >= 11 is 0. The van der Waals surface area contributed by atoms with Crippen molar-refractivity contribution in [3.8, 4) is 6.07 Å². The molecule has 0 aromatic carbocycles.